The Bertz CT molecular complexity index is 1290. The third-order valence-corrected chi connectivity index (χ3v) is 6.50. The smallest absolute Gasteiger partial charge is 0.243 e. The summed E-state index contributed by atoms with van der Waals surface area (Å²) in [5, 5.41) is 10.5. The van der Waals surface area contributed by atoms with E-state index in [1.165, 1.54) is 0 Å². The normalized spacial score (nSPS) is 23.5. The van der Waals surface area contributed by atoms with Gasteiger partial charge in [0, 0.05) is 23.5 Å². The molecule has 1 fully saturated rings. The Kier molecular flexibility index (Phi) is 5.47. The number of hydrogen-bond donors (Lipinski definition) is 2. The summed E-state index contributed by atoms with van der Waals surface area (Å²) >= 11 is 0. The van der Waals surface area contributed by atoms with Gasteiger partial charge in [-0.15, -0.1) is 0 Å². The van der Waals surface area contributed by atoms with Crippen molar-refractivity contribution in [2.24, 2.45) is 21.8 Å². The molecule has 3 aromatic rings. The van der Waals surface area contributed by atoms with Gasteiger partial charge in [-0.2, -0.15) is 4.99 Å². The molecule has 1 atom stereocenters. The van der Waals surface area contributed by atoms with Crippen LogP contribution >= 0.6 is 0 Å². The van der Waals surface area contributed by atoms with Crippen LogP contribution in [0.15, 0.2) is 94.4 Å². The number of quaternary nitrogens is 1. The maximum atomic E-state index is 9.41. The van der Waals surface area contributed by atoms with Crippen molar-refractivity contribution < 1.29 is 22.4 Å². The molecular formula is C26H23ClN4O. The molecule has 1 aliphatic carbocycles. The van der Waals surface area contributed by atoms with Crippen LogP contribution in [0.5, 0.6) is 0 Å². The Balaban J connectivity index is 0.00000216. The highest BCUT2D eigenvalue weighted by Crippen LogP contribution is 2.40. The Morgan fingerprint density at radius 3 is 2.59 bits per heavy atom. The second kappa shape index (κ2) is 8.43. The van der Waals surface area contributed by atoms with Crippen LogP contribution in [-0.4, -0.2) is 28.7 Å². The van der Waals surface area contributed by atoms with E-state index in [1.807, 2.05) is 30.6 Å². The van der Waals surface area contributed by atoms with Crippen molar-refractivity contribution in [1.29, 1.82) is 0 Å². The van der Waals surface area contributed by atoms with Crippen LogP contribution in [0.3, 0.4) is 0 Å². The molecule has 32 heavy (non-hydrogen) atoms. The second-order valence-electron chi connectivity index (χ2n) is 8.45. The van der Waals surface area contributed by atoms with E-state index in [9.17, 15) is 5.11 Å². The molecule has 160 valence electrons. The third kappa shape index (κ3) is 3.48. The number of amidine groups is 1. The number of aromatic nitrogens is 1. The highest BCUT2D eigenvalue weighted by molar-refractivity contribution is 6.01. The highest BCUT2D eigenvalue weighted by Gasteiger charge is 2.41. The van der Waals surface area contributed by atoms with Gasteiger partial charge in [-0.05, 0) is 37.0 Å². The quantitative estimate of drug-likeness (QED) is 0.612. The van der Waals surface area contributed by atoms with Crippen LogP contribution in [0.1, 0.15) is 18.4 Å². The first kappa shape index (κ1) is 20.8. The van der Waals surface area contributed by atoms with Crippen molar-refractivity contribution in [2.75, 3.05) is 6.61 Å². The van der Waals surface area contributed by atoms with E-state index in [-0.39, 0.29) is 19.0 Å². The fourth-order valence-corrected chi connectivity index (χ4v) is 4.72. The number of aliphatic imine (C=N–C) groups is 2. The molecule has 0 saturated heterocycles. The minimum Gasteiger partial charge on any atom is -1.00 e. The fraction of sp³-hybridized carbons (Fsp3) is 0.192. The predicted molar refractivity (Wildman–Crippen MR) is 123 cm³/mol. The number of hydrogen-bond acceptors (Lipinski definition) is 4. The zero-order valence-electron chi connectivity index (χ0n) is 17.4. The molecule has 0 spiro atoms. The molecule has 2 aromatic carbocycles. The molecule has 3 heterocycles. The average molecular weight is 443 g/mol. The zero-order chi connectivity index (χ0) is 20.8. The van der Waals surface area contributed by atoms with E-state index in [4.69, 9.17) is 9.98 Å². The third-order valence-electron chi connectivity index (χ3n) is 6.50. The average Bonchev–Trinajstić information content (AvgIpc) is 3.18. The van der Waals surface area contributed by atoms with Gasteiger partial charge in [0.25, 0.3) is 0 Å². The summed E-state index contributed by atoms with van der Waals surface area (Å²) in [5.41, 5.74) is 6.38. The number of aliphatic hydroxyl groups excluding tert-OH is 1. The Morgan fingerprint density at radius 2 is 1.78 bits per heavy atom. The summed E-state index contributed by atoms with van der Waals surface area (Å²) in [4.78, 5) is 15.5. The summed E-state index contributed by atoms with van der Waals surface area (Å²) < 4.78 is 0. The van der Waals surface area contributed by atoms with Gasteiger partial charge in [-0.3, -0.25) is 4.99 Å². The number of allylic oxidation sites excluding steroid dienone is 2. The van der Waals surface area contributed by atoms with E-state index >= 15 is 0 Å². The van der Waals surface area contributed by atoms with E-state index in [0.29, 0.717) is 11.8 Å². The number of aliphatic hydroxyl groups is 1. The van der Waals surface area contributed by atoms with Gasteiger partial charge >= 0.3 is 0 Å². The number of nitrogens with one attached hydrogen (secondary N) is 1. The van der Waals surface area contributed by atoms with Crippen LogP contribution < -0.4 is 17.3 Å². The van der Waals surface area contributed by atoms with Crippen molar-refractivity contribution in [1.82, 2.24) is 4.98 Å². The molecule has 5 nitrogen and oxygen atoms in total. The molecule has 1 saturated carbocycles. The van der Waals surface area contributed by atoms with Crippen molar-refractivity contribution in [3.63, 3.8) is 0 Å². The molecule has 1 unspecified atom stereocenters. The van der Waals surface area contributed by atoms with Crippen LogP contribution in [0.2, 0.25) is 0 Å². The van der Waals surface area contributed by atoms with Crippen LogP contribution in [0.25, 0.3) is 22.2 Å². The summed E-state index contributed by atoms with van der Waals surface area (Å²) in [6.07, 6.45) is 7.82. The Labute approximate surface area is 193 Å². The summed E-state index contributed by atoms with van der Waals surface area (Å²) in [5.74, 6) is 1.80. The Hall–Kier alpha value is -3.12. The lowest BCUT2D eigenvalue weighted by atomic mass is 9.73. The molecule has 2 N–H and O–H groups in total. The number of benzene rings is 2. The molecule has 3 aliphatic rings. The molecule has 0 radical (unpaired) electrons. The van der Waals surface area contributed by atoms with Crippen LogP contribution in [-0.2, 0) is 0 Å². The number of fused-ring (bicyclic) bond motifs is 2. The first-order valence-corrected chi connectivity index (χ1v) is 10.8. The molecular weight excluding hydrogens is 420 g/mol. The van der Waals surface area contributed by atoms with Crippen molar-refractivity contribution >= 4 is 23.0 Å². The molecule has 2 aliphatic heterocycles. The highest BCUT2D eigenvalue weighted by atomic mass is 35.5. The fourth-order valence-electron chi connectivity index (χ4n) is 4.72. The van der Waals surface area contributed by atoms with Crippen LogP contribution in [0, 0.1) is 11.8 Å². The molecule has 0 bridgehead atoms. The lowest BCUT2D eigenvalue weighted by molar-refractivity contribution is -0.689. The SMILES string of the molecule is OCC1CC(C2=C3C=NC=C[NH+]3C(c3ccc4ccc(-c5ccccc5)nc4c3)=N2)C1.[Cl-]. The standard InChI is InChI=1S/C26H22N4O.ClH/c31-16-17-12-21(13-17)25-24-15-27-10-11-30(24)26(29-25)20-7-6-19-8-9-22(28-23(19)14-20)18-4-2-1-3-5-18;/h1-11,14-15,17,21,31H,12-13,16H2;1H. The van der Waals surface area contributed by atoms with Gasteiger partial charge in [0.1, 0.15) is 11.9 Å². The van der Waals surface area contributed by atoms with Gasteiger partial charge in [-0.25, -0.2) is 9.88 Å². The van der Waals surface area contributed by atoms with Crippen LogP contribution in [0.4, 0.5) is 0 Å². The predicted octanol–water partition coefficient (Wildman–Crippen LogP) is 0.337. The minimum atomic E-state index is 0. The molecule has 0 amide bonds. The molecule has 1 aromatic heterocycles. The maximum absolute atomic E-state index is 9.41. The maximum Gasteiger partial charge on any atom is 0.243 e. The summed E-state index contributed by atoms with van der Waals surface area (Å²) in [6.45, 7) is 0.264. The van der Waals surface area contributed by atoms with Gasteiger partial charge in [0.2, 0.25) is 5.84 Å². The second-order valence-corrected chi connectivity index (χ2v) is 8.45. The lowest BCUT2D eigenvalue weighted by Gasteiger charge is -2.33. The van der Waals surface area contributed by atoms with Crippen molar-refractivity contribution in [3.8, 4) is 11.3 Å². The van der Waals surface area contributed by atoms with Crippen molar-refractivity contribution in [3.05, 3.63) is 90.0 Å². The van der Waals surface area contributed by atoms with Gasteiger partial charge in [-0.1, -0.05) is 42.5 Å². The number of nitrogens with zero attached hydrogens (tertiary/aromatic N) is 3. The van der Waals surface area contributed by atoms with Crippen molar-refractivity contribution in [2.45, 2.75) is 12.8 Å². The van der Waals surface area contributed by atoms with E-state index < -0.39 is 0 Å². The number of pyridine rings is 1. The van der Waals surface area contributed by atoms with E-state index in [2.05, 4.69) is 53.7 Å². The number of halogens is 1. The molecule has 6 rings (SSSR count). The minimum absolute atomic E-state index is 0. The first-order valence-electron chi connectivity index (χ1n) is 10.8. The zero-order valence-corrected chi connectivity index (χ0v) is 18.2. The summed E-state index contributed by atoms with van der Waals surface area (Å²) in [6, 6.07) is 20.9. The Morgan fingerprint density at radius 1 is 0.969 bits per heavy atom. The topological polar surface area (TPSA) is 62.3 Å². The van der Waals surface area contributed by atoms with E-state index in [0.717, 1.165) is 62.7 Å². The van der Waals surface area contributed by atoms with Gasteiger partial charge in [0.15, 0.2) is 5.70 Å². The first-order chi connectivity index (χ1) is 15.3. The monoisotopic (exact) mass is 442 g/mol. The van der Waals surface area contributed by atoms with E-state index in [1.54, 1.807) is 0 Å². The lowest BCUT2D eigenvalue weighted by Crippen LogP contribution is -3.08. The van der Waals surface area contributed by atoms with Gasteiger partial charge in [0.05, 0.1) is 29.2 Å². The molecule has 6 heteroatoms. The largest absolute Gasteiger partial charge is 1.00 e. The number of rotatable bonds is 4. The van der Waals surface area contributed by atoms with Gasteiger partial charge < -0.3 is 17.5 Å². The summed E-state index contributed by atoms with van der Waals surface area (Å²) in [7, 11) is 0.